The Morgan fingerprint density at radius 1 is 0.971 bits per heavy atom. The van der Waals surface area contributed by atoms with Crippen LogP contribution in [-0.4, -0.2) is 22.2 Å². The van der Waals surface area contributed by atoms with Gasteiger partial charge in [0.15, 0.2) is 5.75 Å². The molecule has 5 rings (SSSR count). The lowest BCUT2D eigenvalue weighted by molar-refractivity contribution is 0.482. The van der Waals surface area contributed by atoms with E-state index in [2.05, 4.69) is 37.9 Å². The van der Waals surface area contributed by atoms with E-state index in [-0.39, 0.29) is 0 Å². The van der Waals surface area contributed by atoms with E-state index in [0.717, 1.165) is 41.2 Å². The number of aromatic nitrogens is 2. The molecule has 3 heterocycles. The summed E-state index contributed by atoms with van der Waals surface area (Å²) in [6.45, 7) is 2.56. The van der Waals surface area contributed by atoms with Crippen molar-refractivity contribution in [1.29, 1.82) is 0 Å². The first-order valence-electron chi connectivity index (χ1n) is 11.3. The van der Waals surface area contributed by atoms with Gasteiger partial charge in [0.05, 0.1) is 5.71 Å². The minimum atomic E-state index is 0.602. The summed E-state index contributed by atoms with van der Waals surface area (Å²) < 4.78 is 6.24. The first kappa shape index (κ1) is 22.7. The van der Waals surface area contributed by atoms with Crippen LogP contribution in [0.4, 0.5) is 11.5 Å². The van der Waals surface area contributed by atoms with Gasteiger partial charge < -0.3 is 10.1 Å². The number of nitrogens with zero attached hydrogens (tertiary/aromatic N) is 5. The van der Waals surface area contributed by atoms with Crippen molar-refractivity contribution in [3.8, 4) is 22.8 Å². The van der Waals surface area contributed by atoms with Gasteiger partial charge in [-0.25, -0.2) is 9.97 Å². The van der Waals surface area contributed by atoms with Crippen LogP contribution in [0.1, 0.15) is 17.7 Å². The lowest BCUT2D eigenvalue weighted by Gasteiger charge is -2.13. The lowest BCUT2D eigenvalue weighted by atomic mass is 10.1. The molecule has 0 atom stereocenters. The zero-order chi connectivity index (χ0) is 24.0. The van der Waals surface area contributed by atoms with Crippen LogP contribution in [0.15, 0.2) is 94.4 Å². The van der Waals surface area contributed by atoms with Gasteiger partial charge in [-0.3, -0.25) is 0 Å². The summed E-state index contributed by atoms with van der Waals surface area (Å²) in [5, 5.41) is 15.7. The van der Waals surface area contributed by atoms with E-state index in [1.54, 1.807) is 6.20 Å². The van der Waals surface area contributed by atoms with Gasteiger partial charge in [-0.1, -0.05) is 35.9 Å². The highest BCUT2D eigenvalue weighted by molar-refractivity contribution is 6.30. The highest BCUT2D eigenvalue weighted by Gasteiger charge is 2.11. The molecule has 0 radical (unpaired) electrons. The summed E-state index contributed by atoms with van der Waals surface area (Å²) in [7, 11) is 0. The van der Waals surface area contributed by atoms with Crippen LogP contribution in [0.5, 0.6) is 11.5 Å². The van der Waals surface area contributed by atoms with E-state index in [4.69, 9.17) is 21.3 Å². The van der Waals surface area contributed by atoms with Crippen molar-refractivity contribution in [2.45, 2.75) is 19.8 Å². The fourth-order valence-corrected chi connectivity index (χ4v) is 3.85. The van der Waals surface area contributed by atoms with E-state index >= 15 is 0 Å². The first-order valence-corrected chi connectivity index (χ1v) is 11.7. The van der Waals surface area contributed by atoms with E-state index in [1.165, 1.54) is 5.56 Å². The number of hydrogen-bond acceptors (Lipinski definition) is 7. The second-order valence-electron chi connectivity index (χ2n) is 8.17. The molecule has 1 aliphatic rings. The minimum absolute atomic E-state index is 0.602. The molecule has 8 heteroatoms. The zero-order valence-corrected chi connectivity index (χ0v) is 19.9. The molecular formula is C27H23ClN6O. The Kier molecular flexibility index (Phi) is 6.77. The van der Waals surface area contributed by atoms with Gasteiger partial charge in [0.25, 0.3) is 0 Å². The summed E-state index contributed by atoms with van der Waals surface area (Å²) in [6.07, 6.45) is 3.44. The molecule has 0 spiro atoms. The number of benzene rings is 2. The van der Waals surface area contributed by atoms with Crippen molar-refractivity contribution in [2.24, 2.45) is 15.4 Å². The average molecular weight is 483 g/mol. The van der Waals surface area contributed by atoms with Crippen molar-refractivity contribution < 1.29 is 4.74 Å². The molecule has 4 aromatic rings. The SMILES string of the molecule is Cc1ccc(Oc2ccnc(Nc3cccc(CCC4=NN=NC4)c3)c2)c(-c2ccc(Cl)cc2)n1. The van der Waals surface area contributed by atoms with Crippen LogP contribution in [0.2, 0.25) is 5.02 Å². The molecule has 174 valence electrons. The molecule has 0 unspecified atom stereocenters. The summed E-state index contributed by atoms with van der Waals surface area (Å²) in [4.78, 5) is 9.15. The van der Waals surface area contributed by atoms with Gasteiger partial charge in [0, 0.05) is 34.2 Å². The average Bonchev–Trinajstić information content (AvgIpc) is 3.39. The number of aryl methyl sites for hydroxylation is 2. The van der Waals surface area contributed by atoms with Crippen LogP contribution in [0.25, 0.3) is 11.3 Å². The maximum atomic E-state index is 6.24. The smallest absolute Gasteiger partial charge is 0.153 e. The Balaban J connectivity index is 1.31. The van der Waals surface area contributed by atoms with Gasteiger partial charge in [-0.15, -0.1) is 5.10 Å². The maximum absolute atomic E-state index is 6.24. The Bertz CT molecular complexity index is 1400. The summed E-state index contributed by atoms with van der Waals surface area (Å²) in [5.41, 5.74) is 5.77. The van der Waals surface area contributed by atoms with E-state index in [9.17, 15) is 0 Å². The third-order valence-corrected chi connectivity index (χ3v) is 5.73. The van der Waals surface area contributed by atoms with Gasteiger partial charge in [0.2, 0.25) is 0 Å². The second-order valence-corrected chi connectivity index (χ2v) is 8.60. The van der Waals surface area contributed by atoms with Crippen LogP contribution < -0.4 is 10.1 Å². The molecule has 2 aromatic carbocycles. The van der Waals surface area contributed by atoms with Crippen LogP contribution in [-0.2, 0) is 6.42 Å². The van der Waals surface area contributed by atoms with Gasteiger partial charge in [0.1, 0.15) is 23.8 Å². The van der Waals surface area contributed by atoms with Crippen molar-refractivity contribution in [1.82, 2.24) is 9.97 Å². The summed E-state index contributed by atoms with van der Waals surface area (Å²) >= 11 is 6.06. The second kappa shape index (κ2) is 10.4. The molecule has 1 N–H and O–H groups in total. The van der Waals surface area contributed by atoms with E-state index in [0.29, 0.717) is 28.9 Å². The predicted molar refractivity (Wildman–Crippen MR) is 139 cm³/mol. The topological polar surface area (TPSA) is 84.1 Å². The normalized spacial score (nSPS) is 12.5. The Hall–Kier alpha value is -4.10. The Morgan fingerprint density at radius 2 is 1.86 bits per heavy atom. The monoisotopic (exact) mass is 482 g/mol. The van der Waals surface area contributed by atoms with Gasteiger partial charge in [-0.05, 0) is 73.0 Å². The molecule has 7 nitrogen and oxygen atoms in total. The number of anilines is 2. The highest BCUT2D eigenvalue weighted by Crippen LogP contribution is 2.33. The molecule has 0 bridgehead atoms. The Morgan fingerprint density at radius 3 is 2.69 bits per heavy atom. The van der Waals surface area contributed by atoms with Crippen LogP contribution >= 0.6 is 11.6 Å². The third kappa shape index (κ3) is 5.88. The zero-order valence-electron chi connectivity index (χ0n) is 19.1. The molecule has 0 amide bonds. The van der Waals surface area contributed by atoms with Gasteiger partial charge in [-0.2, -0.15) is 5.11 Å². The molecule has 0 saturated carbocycles. The molecule has 1 aliphatic heterocycles. The highest BCUT2D eigenvalue weighted by atomic mass is 35.5. The largest absolute Gasteiger partial charge is 0.455 e. The van der Waals surface area contributed by atoms with Crippen LogP contribution in [0, 0.1) is 6.92 Å². The quantitative estimate of drug-likeness (QED) is 0.283. The minimum Gasteiger partial charge on any atom is -0.455 e. The van der Waals surface area contributed by atoms with E-state index < -0.39 is 0 Å². The molecule has 0 aliphatic carbocycles. The maximum Gasteiger partial charge on any atom is 0.153 e. The fourth-order valence-electron chi connectivity index (χ4n) is 3.72. The number of nitrogens with one attached hydrogen (secondary N) is 1. The number of halogens is 1. The fraction of sp³-hybridized carbons (Fsp3) is 0.148. The van der Waals surface area contributed by atoms with Crippen molar-refractivity contribution in [2.75, 3.05) is 11.9 Å². The van der Waals surface area contributed by atoms with E-state index in [1.807, 2.05) is 67.6 Å². The summed E-state index contributed by atoms with van der Waals surface area (Å²) in [5.74, 6) is 2.00. The van der Waals surface area contributed by atoms with Crippen molar-refractivity contribution in [3.63, 3.8) is 0 Å². The standard InChI is InChI=1S/C27H23ClN6O/c1-18-5-12-25(27(31-18)20-7-9-21(28)10-8-20)35-24-13-14-29-26(16-24)32-22-4-2-3-19(15-22)6-11-23-17-30-34-33-23/h2-5,7-10,12-16H,6,11,17H2,1H3,(H,29,32). The molecule has 2 aromatic heterocycles. The lowest BCUT2D eigenvalue weighted by Crippen LogP contribution is -2.01. The summed E-state index contributed by atoms with van der Waals surface area (Å²) in [6, 6.07) is 23.4. The molecule has 35 heavy (non-hydrogen) atoms. The number of hydrogen-bond donors (Lipinski definition) is 1. The molecule has 0 fully saturated rings. The number of ether oxygens (including phenoxy) is 1. The van der Waals surface area contributed by atoms with Crippen molar-refractivity contribution in [3.05, 3.63) is 95.3 Å². The number of pyridine rings is 2. The van der Waals surface area contributed by atoms with Gasteiger partial charge >= 0.3 is 0 Å². The Labute approximate surface area is 208 Å². The predicted octanol–water partition coefficient (Wildman–Crippen LogP) is 7.40. The van der Waals surface area contributed by atoms with Crippen LogP contribution in [0.3, 0.4) is 0 Å². The molecule has 0 saturated heterocycles. The molecular weight excluding hydrogens is 460 g/mol. The first-order chi connectivity index (χ1) is 17.1. The third-order valence-electron chi connectivity index (χ3n) is 5.48. The number of rotatable bonds is 8. The van der Waals surface area contributed by atoms with Crippen molar-refractivity contribution >= 4 is 28.8 Å².